The Bertz CT molecular complexity index is 839. The number of rotatable bonds is 6. The number of benzene rings is 2. The fraction of sp³-hybridized carbons (Fsp3) is 0.500. The standard InChI is InChI=1S/C26H32NO4/c28-19-30-26(20-9-3-1-4-10-20,21-11-5-2-6-12-21)25(29)31-24-17-22-13-14-23(18-24)27(22)15-7-8-16-27/h1-6,9-12,22-24,28H,7-8,13-19H2/q+1. The second kappa shape index (κ2) is 8.38. The highest BCUT2D eigenvalue weighted by molar-refractivity contribution is 5.86. The lowest BCUT2D eigenvalue weighted by atomic mass is 9.85. The van der Waals surface area contributed by atoms with Gasteiger partial charge >= 0.3 is 5.97 Å². The molecule has 0 amide bonds. The fourth-order valence-corrected chi connectivity index (χ4v) is 6.61. The van der Waals surface area contributed by atoms with Gasteiger partial charge in [-0.15, -0.1) is 0 Å². The number of piperidine rings is 1. The quantitative estimate of drug-likeness (QED) is 0.438. The van der Waals surface area contributed by atoms with Crippen molar-refractivity contribution in [1.29, 1.82) is 0 Å². The van der Waals surface area contributed by atoms with E-state index >= 15 is 0 Å². The van der Waals surface area contributed by atoms with Crippen molar-refractivity contribution < 1.29 is 23.9 Å². The smallest absolute Gasteiger partial charge is 0.348 e. The second-order valence-electron chi connectivity index (χ2n) is 9.33. The molecule has 0 aliphatic carbocycles. The van der Waals surface area contributed by atoms with E-state index in [4.69, 9.17) is 9.47 Å². The van der Waals surface area contributed by atoms with Crippen LogP contribution in [0.3, 0.4) is 0 Å². The number of aliphatic hydroxyl groups is 1. The number of hydrogen-bond acceptors (Lipinski definition) is 4. The summed E-state index contributed by atoms with van der Waals surface area (Å²) in [5.74, 6) is -0.432. The summed E-state index contributed by atoms with van der Waals surface area (Å²) >= 11 is 0. The molecular formula is C26H32NO4+. The molecule has 0 saturated carbocycles. The molecule has 1 N–H and O–H groups in total. The van der Waals surface area contributed by atoms with E-state index in [1.165, 1.54) is 43.3 Å². The molecule has 5 rings (SSSR count). The Morgan fingerprint density at radius 3 is 1.90 bits per heavy atom. The summed E-state index contributed by atoms with van der Waals surface area (Å²) in [4.78, 5) is 13.8. The lowest BCUT2D eigenvalue weighted by Crippen LogP contribution is -2.60. The van der Waals surface area contributed by atoms with Crippen molar-refractivity contribution >= 4 is 5.97 Å². The average molecular weight is 423 g/mol. The highest BCUT2D eigenvalue weighted by atomic mass is 16.6. The van der Waals surface area contributed by atoms with Crippen LogP contribution in [0.25, 0.3) is 0 Å². The molecule has 0 radical (unpaired) electrons. The van der Waals surface area contributed by atoms with Crippen molar-refractivity contribution in [2.45, 2.75) is 62.3 Å². The first kappa shape index (κ1) is 20.7. The lowest BCUT2D eigenvalue weighted by molar-refractivity contribution is -0.956. The molecule has 3 aliphatic heterocycles. The molecule has 0 aromatic heterocycles. The van der Waals surface area contributed by atoms with Crippen LogP contribution < -0.4 is 0 Å². The number of ether oxygens (including phenoxy) is 2. The molecule has 1 spiro atoms. The van der Waals surface area contributed by atoms with Crippen LogP contribution in [0.15, 0.2) is 60.7 Å². The molecule has 164 valence electrons. The van der Waals surface area contributed by atoms with E-state index in [0.29, 0.717) is 23.2 Å². The number of hydrogen-bond donors (Lipinski definition) is 1. The predicted octanol–water partition coefficient (Wildman–Crippen LogP) is 3.74. The summed E-state index contributed by atoms with van der Waals surface area (Å²) in [7, 11) is 0. The SMILES string of the molecule is O=C(OC1CC2CCC(C1)[N+]21CCCC1)C(OCO)(c1ccccc1)c1ccccc1. The molecule has 3 saturated heterocycles. The Kier molecular flexibility index (Phi) is 5.59. The molecule has 3 fully saturated rings. The lowest BCUT2D eigenvalue weighted by Gasteiger charge is -2.47. The third-order valence-electron chi connectivity index (χ3n) is 7.96. The molecule has 2 aromatic carbocycles. The minimum absolute atomic E-state index is 0.0940. The first-order valence-corrected chi connectivity index (χ1v) is 11.6. The van der Waals surface area contributed by atoms with Gasteiger partial charge in [0.15, 0.2) is 0 Å². The van der Waals surface area contributed by atoms with Gasteiger partial charge in [-0.05, 0) is 11.1 Å². The van der Waals surface area contributed by atoms with Gasteiger partial charge in [0.05, 0.1) is 25.2 Å². The van der Waals surface area contributed by atoms with Gasteiger partial charge in [0, 0.05) is 38.5 Å². The summed E-state index contributed by atoms with van der Waals surface area (Å²) in [6, 6.07) is 20.0. The number of esters is 1. The molecule has 31 heavy (non-hydrogen) atoms. The minimum Gasteiger partial charge on any atom is -0.459 e. The van der Waals surface area contributed by atoms with E-state index in [9.17, 15) is 9.90 Å². The van der Waals surface area contributed by atoms with Crippen LogP contribution in [0, 0.1) is 0 Å². The first-order chi connectivity index (χ1) is 15.2. The van der Waals surface area contributed by atoms with E-state index in [2.05, 4.69) is 0 Å². The molecule has 3 heterocycles. The Morgan fingerprint density at radius 2 is 1.42 bits per heavy atom. The van der Waals surface area contributed by atoms with Crippen molar-refractivity contribution in [2.24, 2.45) is 0 Å². The number of carbonyl (C=O) groups is 1. The maximum atomic E-state index is 13.8. The summed E-state index contributed by atoms with van der Waals surface area (Å²) in [5, 5.41) is 9.78. The van der Waals surface area contributed by atoms with Crippen molar-refractivity contribution in [1.82, 2.24) is 0 Å². The van der Waals surface area contributed by atoms with Gasteiger partial charge in [-0.3, -0.25) is 0 Å². The van der Waals surface area contributed by atoms with Crippen LogP contribution in [-0.2, 0) is 19.9 Å². The van der Waals surface area contributed by atoms with E-state index in [1.807, 2.05) is 60.7 Å². The topological polar surface area (TPSA) is 55.8 Å². The molecule has 5 heteroatoms. The minimum atomic E-state index is -1.48. The van der Waals surface area contributed by atoms with Crippen LogP contribution in [-0.4, -0.2) is 53.6 Å². The van der Waals surface area contributed by atoms with Crippen molar-refractivity contribution in [2.75, 3.05) is 19.9 Å². The number of nitrogens with zero attached hydrogens (tertiary/aromatic N) is 1. The van der Waals surface area contributed by atoms with Gasteiger partial charge in [-0.1, -0.05) is 60.7 Å². The van der Waals surface area contributed by atoms with E-state index < -0.39 is 18.4 Å². The zero-order valence-corrected chi connectivity index (χ0v) is 18.0. The third kappa shape index (κ3) is 3.39. The van der Waals surface area contributed by atoms with Crippen LogP contribution >= 0.6 is 0 Å². The predicted molar refractivity (Wildman–Crippen MR) is 117 cm³/mol. The highest BCUT2D eigenvalue weighted by Gasteiger charge is 2.56. The normalized spacial score (nSPS) is 26.8. The number of aliphatic hydroxyl groups excluding tert-OH is 1. The van der Waals surface area contributed by atoms with Gasteiger partial charge in [0.1, 0.15) is 12.9 Å². The first-order valence-electron chi connectivity index (χ1n) is 11.6. The molecular weight excluding hydrogens is 390 g/mol. The third-order valence-corrected chi connectivity index (χ3v) is 7.96. The van der Waals surface area contributed by atoms with E-state index in [-0.39, 0.29) is 6.10 Å². The van der Waals surface area contributed by atoms with Crippen molar-refractivity contribution in [3.63, 3.8) is 0 Å². The number of quaternary nitrogens is 1. The molecule has 5 nitrogen and oxygen atoms in total. The van der Waals surface area contributed by atoms with Gasteiger partial charge in [-0.2, -0.15) is 0 Å². The molecule has 3 aliphatic rings. The molecule has 2 aromatic rings. The average Bonchev–Trinajstić information content (AvgIpc) is 3.35. The van der Waals surface area contributed by atoms with E-state index in [1.54, 1.807) is 0 Å². The van der Waals surface area contributed by atoms with Crippen LogP contribution in [0.5, 0.6) is 0 Å². The van der Waals surface area contributed by atoms with Gasteiger partial charge in [0.2, 0.25) is 5.60 Å². The summed E-state index contributed by atoms with van der Waals surface area (Å²) in [5.41, 5.74) is -0.141. The summed E-state index contributed by atoms with van der Waals surface area (Å²) < 4.78 is 13.3. The summed E-state index contributed by atoms with van der Waals surface area (Å²) in [6.45, 7) is 2.01. The molecule has 2 atom stereocenters. The van der Waals surface area contributed by atoms with Gasteiger partial charge in [-0.25, -0.2) is 4.79 Å². The maximum Gasteiger partial charge on any atom is 0.348 e. The Labute approximate surface area is 184 Å². The van der Waals surface area contributed by atoms with Crippen LogP contribution in [0.4, 0.5) is 0 Å². The Morgan fingerprint density at radius 1 is 0.903 bits per heavy atom. The van der Waals surface area contributed by atoms with E-state index in [0.717, 1.165) is 12.8 Å². The maximum absolute atomic E-state index is 13.8. The summed E-state index contributed by atoms with van der Waals surface area (Å²) in [6.07, 6.45) is 6.91. The monoisotopic (exact) mass is 422 g/mol. The molecule has 2 bridgehead atoms. The fourth-order valence-electron chi connectivity index (χ4n) is 6.61. The highest BCUT2D eigenvalue weighted by Crippen LogP contribution is 2.47. The molecule has 2 unspecified atom stereocenters. The van der Waals surface area contributed by atoms with Gasteiger partial charge in [0.25, 0.3) is 0 Å². The Hall–Kier alpha value is -2.21. The Balaban J connectivity index is 1.44. The van der Waals surface area contributed by atoms with Crippen molar-refractivity contribution in [3.05, 3.63) is 71.8 Å². The van der Waals surface area contributed by atoms with Crippen LogP contribution in [0.2, 0.25) is 0 Å². The zero-order valence-electron chi connectivity index (χ0n) is 18.0. The van der Waals surface area contributed by atoms with Gasteiger partial charge < -0.3 is 19.1 Å². The second-order valence-corrected chi connectivity index (χ2v) is 9.33. The van der Waals surface area contributed by atoms with Crippen LogP contribution in [0.1, 0.15) is 49.7 Å². The zero-order chi connectivity index (χ0) is 21.3. The van der Waals surface area contributed by atoms with Crippen molar-refractivity contribution in [3.8, 4) is 0 Å². The number of carbonyl (C=O) groups excluding carboxylic acids is 1. The largest absolute Gasteiger partial charge is 0.459 e.